The van der Waals surface area contributed by atoms with Crippen molar-refractivity contribution in [3.63, 3.8) is 0 Å². The van der Waals surface area contributed by atoms with Gasteiger partial charge in [-0.2, -0.15) is 0 Å². The molecule has 0 saturated heterocycles. The monoisotopic (exact) mass is 292 g/mol. The van der Waals surface area contributed by atoms with Crippen LogP contribution in [0.25, 0.3) is 0 Å². The lowest BCUT2D eigenvalue weighted by molar-refractivity contribution is -0.138. The molecule has 21 heavy (non-hydrogen) atoms. The molecule has 0 aliphatic rings. The third-order valence-corrected chi connectivity index (χ3v) is 3.68. The maximum atomic E-state index is 12.2. The first-order valence-corrected chi connectivity index (χ1v) is 7.33. The van der Waals surface area contributed by atoms with E-state index in [9.17, 15) is 14.7 Å². The molecule has 0 aliphatic carbocycles. The minimum absolute atomic E-state index is 0.0884. The van der Waals surface area contributed by atoms with Crippen LogP contribution in [0.3, 0.4) is 0 Å². The second kappa shape index (κ2) is 8.29. The molecule has 0 spiro atoms. The topological polar surface area (TPSA) is 69.6 Å². The largest absolute Gasteiger partial charge is 0.481 e. The number of nitrogens with zero attached hydrogens (tertiary/aromatic N) is 1. The molecule has 2 unspecified atom stereocenters. The number of amides is 2. The van der Waals surface area contributed by atoms with Crippen molar-refractivity contribution in [2.24, 2.45) is 0 Å². The van der Waals surface area contributed by atoms with Gasteiger partial charge in [0.1, 0.15) is 0 Å². The lowest BCUT2D eigenvalue weighted by atomic mass is 9.99. The quantitative estimate of drug-likeness (QED) is 0.811. The molecule has 0 aromatic heterocycles. The van der Waals surface area contributed by atoms with Gasteiger partial charge < -0.3 is 15.3 Å². The van der Waals surface area contributed by atoms with E-state index >= 15 is 0 Å². The van der Waals surface area contributed by atoms with Gasteiger partial charge >= 0.3 is 12.0 Å². The van der Waals surface area contributed by atoms with Crippen LogP contribution in [0.5, 0.6) is 0 Å². The van der Waals surface area contributed by atoms with Gasteiger partial charge in [-0.15, -0.1) is 0 Å². The first-order valence-electron chi connectivity index (χ1n) is 7.33. The zero-order valence-corrected chi connectivity index (χ0v) is 12.9. The Hall–Kier alpha value is -2.04. The summed E-state index contributed by atoms with van der Waals surface area (Å²) in [6, 6.07) is 8.87. The van der Waals surface area contributed by atoms with Crippen LogP contribution in [-0.4, -0.2) is 41.1 Å². The fourth-order valence-electron chi connectivity index (χ4n) is 2.20. The van der Waals surface area contributed by atoms with Gasteiger partial charge in [-0.05, 0) is 25.8 Å². The van der Waals surface area contributed by atoms with Crippen molar-refractivity contribution >= 4 is 12.0 Å². The van der Waals surface area contributed by atoms with Crippen LogP contribution in [0.15, 0.2) is 30.3 Å². The Kier molecular flexibility index (Phi) is 6.72. The summed E-state index contributed by atoms with van der Waals surface area (Å²) in [4.78, 5) is 25.2. The summed E-state index contributed by atoms with van der Waals surface area (Å²) in [5.74, 6) is -1.67. The Morgan fingerprint density at radius 3 is 2.33 bits per heavy atom. The molecule has 1 aromatic carbocycles. The second-order valence-corrected chi connectivity index (χ2v) is 5.03. The maximum Gasteiger partial charge on any atom is 0.317 e. The highest BCUT2D eigenvalue weighted by Crippen LogP contribution is 2.15. The number of carbonyl (C=O) groups excluding carboxylic acids is 1. The highest BCUT2D eigenvalue weighted by atomic mass is 16.4. The first-order chi connectivity index (χ1) is 10.0. The molecule has 2 amide bonds. The van der Waals surface area contributed by atoms with Gasteiger partial charge in [-0.1, -0.05) is 37.3 Å². The van der Waals surface area contributed by atoms with Crippen LogP contribution in [0.4, 0.5) is 4.79 Å². The van der Waals surface area contributed by atoms with Crippen LogP contribution in [0.1, 0.15) is 38.7 Å². The van der Waals surface area contributed by atoms with Crippen LogP contribution < -0.4 is 5.32 Å². The molecule has 1 aromatic rings. The number of urea groups is 1. The van der Waals surface area contributed by atoms with Gasteiger partial charge in [0.2, 0.25) is 0 Å². The van der Waals surface area contributed by atoms with Gasteiger partial charge in [0.15, 0.2) is 0 Å². The highest BCUT2D eigenvalue weighted by molar-refractivity contribution is 5.79. The number of aliphatic carboxylic acids is 1. The van der Waals surface area contributed by atoms with Crippen LogP contribution >= 0.6 is 0 Å². The van der Waals surface area contributed by atoms with E-state index in [1.54, 1.807) is 29.2 Å². The molecule has 1 rings (SSSR count). The van der Waals surface area contributed by atoms with Gasteiger partial charge in [0.25, 0.3) is 0 Å². The summed E-state index contributed by atoms with van der Waals surface area (Å²) in [5.41, 5.74) is 0.692. The molecule has 5 heteroatoms. The summed E-state index contributed by atoms with van der Waals surface area (Å²) in [5, 5.41) is 12.1. The number of hydrogen-bond acceptors (Lipinski definition) is 2. The van der Waals surface area contributed by atoms with Crippen LogP contribution in [0, 0.1) is 0 Å². The number of benzene rings is 1. The van der Waals surface area contributed by atoms with E-state index in [1.807, 2.05) is 26.8 Å². The zero-order valence-electron chi connectivity index (χ0n) is 12.9. The first kappa shape index (κ1) is 17.0. The van der Waals surface area contributed by atoms with E-state index in [0.29, 0.717) is 12.1 Å². The van der Waals surface area contributed by atoms with E-state index in [-0.39, 0.29) is 18.6 Å². The van der Waals surface area contributed by atoms with Crippen molar-refractivity contribution in [3.05, 3.63) is 35.9 Å². The molecular formula is C16H24N2O3. The minimum Gasteiger partial charge on any atom is -0.481 e. The molecule has 0 heterocycles. The molecule has 0 aliphatic heterocycles. The van der Waals surface area contributed by atoms with Crippen LogP contribution in [0.2, 0.25) is 0 Å². The van der Waals surface area contributed by atoms with E-state index in [2.05, 4.69) is 5.32 Å². The Morgan fingerprint density at radius 2 is 1.86 bits per heavy atom. The molecule has 0 bridgehead atoms. The second-order valence-electron chi connectivity index (χ2n) is 5.03. The van der Waals surface area contributed by atoms with Crippen LogP contribution in [-0.2, 0) is 4.79 Å². The molecule has 2 N–H and O–H groups in total. The highest BCUT2D eigenvalue weighted by Gasteiger charge is 2.23. The molecule has 0 saturated carbocycles. The Balaban J connectivity index is 2.70. The van der Waals surface area contributed by atoms with Gasteiger partial charge in [-0.3, -0.25) is 4.79 Å². The molecular weight excluding hydrogens is 268 g/mol. The van der Waals surface area contributed by atoms with Crippen molar-refractivity contribution in [3.8, 4) is 0 Å². The predicted octanol–water partition coefficient (Wildman–Crippen LogP) is 2.68. The summed E-state index contributed by atoms with van der Waals surface area (Å²) in [7, 11) is 0. The number of hydrogen-bond donors (Lipinski definition) is 2. The Bertz CT molecular complexity index is 462. The Morgan fingerprint density at radius 1 is 1.24 bits per heavy atom. The van der Waals surface area contributed by atoms with Crippen molar-refractivity contribution < 1.29 is 14.7 Å². The van der Waals surface area contributed by atoms with Gasteiger partial charge in [0.05, 0.1) is 5.92 Å². The van der Waals surface area contributed by atoms with Crippen molar-refractivity contribution in [2.75, 3.05) is 13.1 Å². The third kappa shape index (κ3) is 4.77. The molecule has 2 atom stereocenters. The summed E-state index contributed by atoms with van der Waals surface area (Å²) in [6.45, 7) is 6.60. The average molecular weight is 292 g/mol. The molecule has 5 nitrogen and oxygen atoms in total. The number of rotatable bonds is 7. The van der Waals surface area contributed by atoms with E-state index < -0.39 is 11.9 Å². The van der Waals surface area contributed by atoms with E-state index in [0.717, 1.165) is 6.42 Å². The van der Waals surface area contributed by atoms with Gasteiger partial charge in [-0.25, -0.2) is 4.79 Å². The lowest BCUT2D eigenvalue weighted by Gasteiger charge is -2.28. The average Bonchev–Trinajstić information content (AvgIpc) is 2.48. The van der Waals surface area contributed by atoms with E-state index in [1.165, 1.54) is 0 Å². The number of nitrogens with one attached hydrogen (secondary N) is 1. The number of carboxylic acid groups (broad SMARTS) is 1. The summed E-state index contributed by atoms with van der Waals surface area (Å²) >= 11 is 0. The normalized spacial score (nSPS) is 13.3. The third-order valence-electron chi connectivity index (χ3n) is 3.68. The smallest absolute Gasteiger partial charge is 0.317 e. The standard InChI is InChI=1S/C16H24N2O3/c1-4-12(3)18(5-2)16(21)17-11-14(15(19)20)13-9-7-6-8-10-13/h6-10,12,14H,4-5,11H2,1-3H3,(H,17,21)(H,19,20). The number of carboxylic acids is 1. The predicted molar refractivity (Wildman–Crippen MR) is 82.4 cm³/mol. The number of carbonyl (C=O) groups is 2. The van der Waals surface area contributed by atoms with Crippen molar-refractivity contribution in [1.82, 2.24) is 10.2 Å². The van der Waals surface area contributed by atoms with Crippen molar-refractivity contribution in [2.45, 2.75) is 39.2 Å². The van der Waals surface area contributed by atoms with Gasteiger partial charge in [0, 0.05) is 19.1 Å². The fourth-order valence-corrected chi connectivity index (χ4v) is 2.20. The molecule has 0 radical (unpaired) electrons. The molecule has 0 fully saturated rings. The Labute approximate surface area is 126 Å². The maximum absolute atomic E-state index is 12.2. The molecule has 116 valence electrons. The summed E-state index contributed by atoms with van der Waals surface area (Å²) in [6.07, 6.45) is 0.863. The fraction of sp³-hybridized carbons (Fsp3) is 0.500. The minimum atomic E-state index is -0.937. The lowest BCUT2D eigenvalue weighted by Crippen LogP contribution is -2.46. The van der Waals surface area contributed by atoms with E-state index in [4.69, 9.17) is 0 Å². The SMILES string of the molecule is CCC(C)N(CC)C(=O)NCC(C(=O)O)c1ccccc1. The summed E-state index contributed by atoms with van der Waals surface area (Å²) < 4.78 is 0. The van der Waals surface area contributed by atoms with Crippen molar-refractivity contribution in [1.29, 1.82) is 0 Å². The zero-order chi connectivity index (χ0) is 15.8.